The van der Waals surface area contributed by atoms with Crippen LogP contribution in [-0.2, 0) is 44.0 Å². The van der Waals surface area contributed by atoms with Crippen LogP contribution in [0.3, 0.4) is 0 Å². The number of benzene rings is 3. The highest BCUT2D eigenvalue weighted by molar-refractivity contribution is 7.92. The third-order valence-corrected chi connectivity index (χ3v) is 10.4. The van der Waals surface area contributed by atoms with Crippen LogP contribution in [0.1, 0.15) is 50.6 Å². The van der Waals surface area contributed by atoms with Gasteiger partial charge in [-0.3, -0.25) is 14.8 Å². The standard InChI is InChI=1S/C33H36N6O6S2/c1-32(2,3)16-17-33(34-19-27-35-23-12-8-9-13-25(23)39(27)4)22-11-7-6-10-21(22)29(40)28(30(33)41)31-36-24-15-14-20(37-46(5,42)43)18-26(24)47(44,45)38-31/h6-15,18,34,37,40H,16-17,19H2,1-5H3,(H,36,38). The Labute approximate surface area is 273 Å². The highest BCUT2D eigenvalue weighted by Gasteiger charge is 2.50. The molecule has 4 N–H and O–H groups in total. The average molecular weight is 677 g/mol. The minimum Gasteiger partial charge on any atom is -0.506 e. The van der Waals surface area contributed by atoms with E-state index in [0.29, 0.717) is 29.8 Å². The molecule has 0 saturated carbocycles. The Morgan fingerprint density at radius 2 is 1.74 bits per heavy atom. The number of para-hydroxylation sites is 2. The number of carbonyl (C=O) groups is 1. The maximum atomic E-state index is 14.9. The Bertz CT molecular complexity index is 2230. The number of aromatic nitrogens is 2. The van der Waals surface area contributed by atoms with E-state index in [1.807, 2.05) is 35.9 Å². The van der Waals surface area contributed by atoms with E-state index in [4.69, 9.17) is 4.98 Å². The van der Waals surface area contributed by atoms with Crippen molar-refractivity contribution in [2.75, 3.05) is 16.3 Å². The molecule has 12 nitrogen and oxygen atoms in total. The second kappa shape index (κ2) is 11.3. The number of anilines is 2. The van der Waals surface area contributed by atoms with Crippen LogP contribution >= 0.6 is 0 Å². The number of nitrogens with zero attached hydrogens (tertiary/aromatic N) is 3. The first-order valence-electron chi connectivity index (χ1n) is 15.0. The van der Waals surface area contributed by atoms with Crippen molar-refractivity contribution in [3.63, 3.8) is 0 Å². The number of ketones is 1. The van der Waals surface area contributed by atoms with Crippen molar-refractivity contribution in [3.8, 4) is 0 Å². The van der Waals surface area contributed by atoms with E-state index in [-0.39, 0.29) is 39.6 Å². The van der Waals surface area contributed by atoms with Gasteiger partial charge in [0.25, 0.3) is 10.0 Å². The smallest absolute Gasteiger partial charge is 0.286 e. The summed E-state index contributed by atoms with van der Waals surface area (Å²) in [4.78, 5) is 19.5. The molecule has 2 aliphatic rings. The number of carbonyl (C=O) groups excluding carboxylic acids is 1. The van der Waals surface area contributed by atoms with Crippen molar-refractivity contribution in [2.24, 2.45) is 16.9 Å². The summed E-state index contributed by atoms with van der Waals surface area (Å²) in [6, 6.07) is 18.7. The Morgan fingerprint density at radius 1 is 1.04 bits per heavy atom. The molecule has 14 heteroatoms. The largest absolute Gasteiger partial charge is 0.506 e. The topological polar surface area (TPSA) is 172 Å². The van der Waals surface area contributed by atoms with Crippen LogP contribution in [0.4, 0.5) is 11.4 Å². The summed E-state index contributed by atoms with van der Waals surface area (Å²) in [5.74, 6) is -0.586. The van der Waals surface area contributed by atoms with Gasteiger partial charge in [0.05, 0.1) is 29.5 Å². The van der Waals surface area contributed by atoms with Gasteiger partial charge < -0.3 is 15.0 Å². The summed E-state index contributed by atoms with van der Waals surface area (Å²) in [5.41, 5.74) is 0.945. The number of amidine groups is 1. The number of aryl methyl sites for hydroxylation is 1. The molecule has 0 bridgehead atoms. The van der Waals surface area contributed by atoms with Crippen LogP contribution in [0, 0.1) is 5.41 Å². The highest BCUT2D eigenvalue weighted by atomic mass is 32.2. The van der Waals surface area contributed by atoms with Gasteiger partial charge in [-0.25, -0.2) is 13.4 Å². The lowest BCUT2D eigenvalue weighted by atomic mass is 9.69. The van der Waals surface area contributed by atoms with Gasteiger partial charge in [-0.05, 0) is 54.2 Å². The summed E-state index contributed by atoms with van der Waals surface area (Å²) < 4.78 is 58.7. The zero-order valence-corrected chi connectivity index (χ0v) is 28.3. The molecule has 246 valence electrons. The Hall–Kier alpha value is -4.53. The first kappa shape index (κ1) is 32.4. The summed E-state index contributed by atoms with van der Waals surface area (Å²) in [7, 11) is -6.20. The first-order valence-corrected chi connectivity index (χ1v) is 18.3. The van der Waals surface area contributed by atoms with E-state index in [9.17, 15) is 26.7 Å². The van der Waals surface area contributed by atoms with Gasteiger partial charge in [0.15, 0.2) is 11.6 Å². The zero-order valence-electron chi connectivity index (χ0n) is 26.6. The van der Waals surface area contributed by atoms with Crippen molar-refractivity contribution in [3.05, 3.63) is 89.3 Å². The molecule has 0 fully saturated rings. The number of nitrogens with one attached hydrogen (secondary N) is 3. The summed E-state index contributed by atoms with van der Waals surface area (Å²) in [6.45, 7) is 6.41. The van der Waals surface area contributed by atoms with Crippen LogP contribution < -0.4 is 15.4 Å². The van der Waals surface area contributed by atoms with E-state index in [1.54, 1.807) is 24.3 Å². The quantitative estimate of drug-likeness (QED) is 0.204. The number of hydrogen-bond donors (Lipinski definition) is 4. The monoisotopic (exact) mass is 676 g/mol. The van der Waals surface area contributed by atoms with Crippen LogP contribution in [0.5, 0.6) is 0 Å². The number of fused-ring (bicyclic) bond motifs is 3. The van der Waals surface area contributed by atoms with Gasteiger partial charge in [0, 0.05) is 18.3 Å². The number of aliphatic hydroxyl groups excluding tert-OH is 1. The molecular formula is C33H36N6O6S2. The molecule has 0 radical (unpaired) electrons. The van der Waals surface area contributed by atoms with Gasteiger partial charge in [0.1, 0.15) is 27.6 Å². The Morgan fingerprint density at radius 3 is 2.45 bits per heavy atom. The minimum atomic E-state index is -4.43. The molecule has 1 unspecified atom stereocenters. The fourth-order valence-corrected chi connectivity index (χ4v) is 7.77. The fraction of sp³-hybridized carbons (Fsp3) is 0.303. The second-order valence-corrected chi connectivity index (χ2v) is 16.4. The third kappa shape index (κ3) is 6.03. The number of rotatable bonds is 8. The van der Waals surface area contributed by atoms with Crippen molar-refractivity contribution in [2.45, 2.75) is 50.6 Å². The molecule has 0 saturated heterocycles. The lowest BCUT2D eigenvalue weighted by molar-refractivity contribution is -0.122. The van der Waals surface area contributed by atoms with E-state index >= 15 is 0 Å². The van der Waals surface area contributed by atoms with Gasteiger partial charge in [-0.1, -0.05) is 57.2 Å². The molecule has 0 amide bonds. The summed E-state index contributed by atoms with van der Waals surface area (Å²) >= 11 is 0. The second-order valence-electron chi connectivity index (χ2n) is 13.1. The van der Waals surface area contributed by atoms with E-state index < -0.39 is 37.1 Å². The van der Waals surface area contributed by atoms with Crippen LogP contribution in [-0.4, -0.2) is 49.4 Å². The number of hydrogen-bond acceptors (Lipinski definition) is 9. The number of aliphatic hydroxyl groups is 1. The molecule has 6 rings (SSSR count). The highest BCUT2D eigenvalue weighted by Crippen LogP contribution is 2.44. The molecular weight excluding hydrogens is 641 g/mol. The van der Waals surface area contributed by atoms with Crippen LogP contribution in [0.2, 0.25) is 0 Å². The van der Waals surface area contributed by atoms with Crippen molar-refractivity contribution in [1.82, 2.24) is 14.9 Å². The predicted molar refractivity (Wildman–Crippen MR) is 182 cm³/mol. The van der Waals surface area contributed by atoms with E-state index in [2.05, 4.69) is 40.5 Å². The maximum Gasteiger partial charge on any atom is 0.286 e. The van der Waals surface area contributed by atoms with Crippen LogP contribution in [0.15, 0.2) is 81.6 Å². The maximum absolute atomic E-state index is 14.9. The van der Waals surface area contributed by atoms with Crippen molar-refractivity contribution in [1.29, 1.82) is 0 Å². The molecule has 0 spiro atoms. The number of imidazole rings is 1. The van der Waals surface area contributed by atoms with Crippen molar-refractivity contribution >= 4 is 59.8 Å². The molecule has 47 heavy (non-hydrogen) atoms. The van der Waals surface area contributed by atoms with Gasteiger partial charge in [0.2, 0.25) is 10.0 Å². The Kier molecular flexibility index (Phi) is 7.80. The predicted octanol–water partition coefficient (Wildman–Crippen LogP) is 4.82. The average Bonchev–Trinajstić information content (AvgIpc) is 3.31. The molecule has 1 aromatic heterocycles. The molecule has 2 heterocycles. The fourth-order valence-electron chi connectivity index (χ4n) is 6.06. The molecule has 1 atom stereocenters. The molecule has 1 aliphatic carbocycles. The van der Waals surface area contributed by atoms with Gasteiger partial charge in [-0.15, -0.1) is 4.40 Å². The van der Waals surface area contributed by atoms with Crippen LogP contribution in [0.25, 0.3) is 16.8 Å². The summed E-state index contributed by atoms with van der Waals surface area (Å²) in [6.07, 6.45) is 1.88. The van der Waals surface area contributed by atoms with Gasteiger partial charge in [-0.2, -0.15) is 8.42 Å². The third-order valence-electron chi connectivity index (χ3n) is 8.44. The lowest BCUT2D eigenvalue weighted by Crippen LogP contribution is -2.54. The zero-order chi connectivity index (χ0) is 33.9. The molecule has 1 aliphatic heterocycles. The first-order chi connectivity index (χ1) is 22.0. The van der Waals surface area contributed by atoms with E-state index in [0.717, 1.165) is 23.4 Å². The van der Waals surface area contributed by atoms with Gasteiger partial charge >= 0.3 is 0 Å². The molecule has 3 aromatic carbocycles. The Balaban J connectivity index is 1.47. The SMILES string of the molecule is Cn1c(CNC2(CCC(C)(C)C)C(=O)C(C3=NS(=O)(=O)c4cc(NS(C)(=O)=O)ccc4N3)=C(O)c3ccccc32)nc2ccccc21. The minimum absolute atomic E-state index is 0.0346. The molecule has 4 aromatic rings. The van der Waals surface area contributed by atoms with Crippen molar-refractivity contribution < 1.29 is 26.7 Å². The normalized spacial score (nSPS) is 19.2. The lowest BCUT2D eigenvalue weighted by Gasteiger charge is -2.41. The van der Waals surface area contributed by atoms with E-state index in [1.165, 1.54) is 12.1 Å². The number of sulfonamides is 2. The number of Topliss-reactive ketones (excluding diaryl/α,β-unsaturated/α-hetero) is 1. The summed E-state index contributed by atoms with van der Waals surface area (Å²) in [5, 5.41) is 18.1.